The number of hydrogen-bond donors (Lipinski definition) is 4. The number of carbonyl (C=O) groups is 4. The van der Waals surface area contributed by atoms with E-state index in [1.54, 1.807) is 27.7 Å². The molecule has 3 atom stereocenters. The number of amides is 3. The zero-order chi connectivity index (χ0) is 22.8. The minimum Gasteiger partial charge on any atom is -0.467 e. The van der Waals surface area contributed by atoms with Crippen LogP contribution >= 0.6 is 11.8 Å². The van der Waals surface area contributed by atoms with Gasteiger partial charge in [0.25, 0.3) is 5.91 Å². The highest BCUT2D eigenvalue weighted by molar-refractivity contribution is 8.16. The Hall–Kier alpha value is -2.34. The molecule has 1 unspecified atom stereocenters. The number of nitrogens with zero attached hydrogens (tertiary/aromatic N) is 1. The summed E-state index contributed by atoms with van der Waals surface area (Å²) >= 11 is 0.932. The van der Waals surface area contributed by atoms with Gasteiger partial charge in [0.2, 0.25) is 5.91 Å². The van der Waals surface area contributed by atoms with Gasteiger partial charge >= 0.3 is 12.1 Å². The Morgan fingerprint density at radius 2 is 1.69 bits per heavy atom. The maximum atomic E-state index is 12.4. The Bertz CT molecular complexity index is 634. The predicted octanol–water partition coefficient (Wildman–Crippen LogP) is -0.227. The van der Waals surface area contributed by atoms with Gasteiger partial charge in [-0.3, -0.25) is 14.6 Å². The summed E-state index contributed by atoms with van der Waals surface area (Å²) in [6, 6.07) is -2.26. The first-order valence-corrected chi connectivity index (χ1v) is 9.65. The number of rotatable bonds is 7. The molecule has 0 aliphatic carbocycles. The summed E-state index contributed by atoms with van der Waals surface area (Å²) in [7, 11) is 2.54. The smallest absolute Gasteiger partial charge is 0.408 e. The minimum atomic E-state index is -1.30. The number of methoxy groups -OCH3 is 1. The van der Waals surface area contributed by atoms with E-state index in [1.807, 2.05) is 0 Å². The monoisotopic (exact) mass is 434 g/mol. The van der Waals surface area contributed by atoms with Gasteiger partial charge in [0.15, 0.2) is 5.04 Å². The second-order valence-electron chi connectivity index (χ2n) is 6.90. The Kier molecular flexibility index (Phi) is 11.3. The van der Waals surface area contributed by atoms with Crippen LogP contribution in [0.25, 0.3) is 0 Å². The van der Waals surface area contributed by atoms with Crippen LogP contribution in [0.1, 0.15) is 34.6 Å². The molecule has 29 heavy (non-hydrogen) atoms. The molecule has 12 heteroatoms. The molecule has 0 heterocycles. The van der Waals surface area contributed by atoms with E-state index >= 15 is 0 Å². The molecular formula is C17H30N4O7S. The molecule has 11 nitrogen and oxygen atoms in total. The molecule has 0 aromatic heterocycles. The van der Waals surface area contributed by atoms with Crippen molar-refractivity contribution in [3.05, 3.63) is 0 Å². The zero-order valence-corrected chi connectivity index (χ0v) is 18.5. The molecule has 0 aliphatic rings. The number of thioether (sulfide) groups is 1. The summed E-state index contributed by atoms with van der Waals surface area (Å²) < 4.78 is 9.63. The molecule has 0 spiro atoms. The van der Waals surface area contributed by atoms with E-state index in [0.29, 0.717) is 0 Å². The Morgan fingerprint density at radius 1 is 1.10 bits per heavy atom. The lowest BCUT2D eigenvalue weighted by Gasteiger charge is -2.22. The SMILES string of the molecule is C/N=C(\SC(C)NC(=O)OC(C)(C)C)C(=O)N[C@@H](CO)C(=O)N[C@@H](C)C(=O)OC. The molecule has 0 saturated heterocycles. The number of aliphatic hydroxyl groups is 1. The lowest BCUT2D eigenvalue weighted by atomic mass is 10.2. The van der Waals surface area contributed by atoms with Crippen molar-refractivity contribution >= 4 is 40.7 Å². The fourth-order valence-electron chi connectivity index (χ4n) is 1.84. The fourth-order valence-corrected chi connectivity index (χ4v) is 2.60. The van der Waals surface area contributed by atoms with Crippen LogP contribution in [0.2, 0.25) is 0 Å². The highest BCUT2D eigenvalue weighted by Gasteiger charge is 2.27. The van der Waals surface area contributed by atoms with Crippen molar-refractivity contribution in [3.63, 3.8) is 0 Å². The summed E-state index contributed by atoms with van der Waals surface area (Å²) in [5.74, 6) is -2.16. The molecule has 0 radical (unpaired) electrons. The second-order valence-corrected chi connectivity index (χ2v) is 8.23. The number of alkyl carbamates (subject to hydrolysis) is 1. The van der Waals surface area contributed by atoms with Gasteiger partial charge in [-0.05, 0) is 34.6 Å². The van der Waals surface area contributed by atoms with Gasteiger partial charge in [0.05, 0.1) is 19.1 Å². The summed E-state index contributed by atoms with van der Waals surface area (Å²) in [5, 5.41) is 16.0. The predicted molar refractivity (Wildman–Crippen MR) is 108 cm³/mol. The molecule has 0 aliphatic heterocycles. The van der Waals surface area contributed by atoms with Crippen molar-refractivity contribution in [2.24, 2.45) is 4.99 Å². The van der Waals surface area contributed by atoms with Crippen LogP contribution in [0.4, 0.5) is 4.79 Å². The van der Waals surface area contributed by atoms with Crippen molar-refractivity contribution in [1.82, 2.24) is 16.0 Å². The number of esters is 1. The number of hydrogen-bond acceptors (Lipinski definition) is 9. The number of aliphatic imine (C=N–C) groups is 1. The molecule has 0 aromatic rings. The number of aliphatic hydroxyl groups excluding tert-OH is 1. The molecular weight excluding hydrogens is 404 g/mol. The maximum absolute atomic E-state index is 12.4. The quantitative estimate of drug-likeness (QED) is 0.185. The third kappa shape index (κ3) is 10.7. The van der Waals surface area contributed by atoms with Crippen molar-refractivity contribution < 1.29 is 33.8 Å². The van der Waals surface area contributed by atoms with Gasteiger partial charge < -0.3 is 30.5 Å². The van der Waals surface area contributed by atoms with E-state index in [0.717, 1.165) is 11.8 Å². The third-order valence-electron chi connectivity index (χ3n) is 3.12. The van der Waals surface area contributed by atoms with Crippen LogP contribution in [0.5, 0.6) is 0 Å². The minimum absolute atomic E-state index is 0.0270. The van der Waals surface area contributed by atoms with Crippen molar-refractivity contribution in [1.29, 1.82) is 0 Å². The molecule has 0 saturated carbocycles. The highest BCUT2D eigenvalue weighted by atomic mass is 32.2. The van der Waals surface area contributed by atoms with Crippen LogP contribution in [0.15, 0.2) is 4.99 Å². The molecule has 4 N–H and O–H groups in total. The summed E-state index contributed by atoms with van der Waals surface area (Å²) in [6.07, 6.45) is -0.655. The topological polar surface area (TPSA) is 155 Å². The summed E-state index contributed by atoms with van der Waals surface area (Å²) in [5.41, 5.74) is -0.670. The standard InChI is InChI=1S/C17H30N4O7S/c1-9(15(25)27-7)19-12(23)11(8-22)21-13(24)14(18-6)29-10(2)20-16(26)28-17(3,4)5/h9-11,22H,8H2,1-7H3,(H,19,23)(H,20,26)(H,21,24)/b18-14-/t9-,10?,11-/m0/s1. The lowest BCUT2D eigenvalue weighted by molar-refractivity contribution is -0.144. The van der Waals surface area contributed by atoms with E-state index in [2.05, 4.69) is 25.7 Å². The number of carbonyl (C=O) groups excluding carboxylic acids is 4. The Balaban J connectivity index is 4.85. The fraction of sp³-hybridized carbons (Fsp3) is 0.706. The molecule has 0 rings (SSSR count). The van der Waals surface area contributed by atoms with Crippen LogP contribution in [0, 0.1) is 0 Å². The largest absolute Gasteiger partial charge is 0.467 e. The zero-order valence-electron chi connectivity index (χ0n) is 17.7. The van der Waals surface area contributed by atoms with Gasteiger partial charge in [-0.15, -0.1) is 0 Å². The second kappa shape index (κ2) is 12.3. The van der Waals surface area contributed by atoms with E-state index in [-0.39, 0.29) is 5.04 Å². The average Bonchev–Trinajstić information content (AvgIpc) is 2.60. The first kappa shape index (κ1) is 26.7. The van der Waals surface area contributed by atoms with Crippen LogP contribution in [0.3, 0.4) is 0 Å². The Labute approximate surface area is 174 Å². The molecule has 0 fully saturated rings. The normalized spacial score (nSPS) is 14.8. The first-order valence-electron chi connectivity index (χ1n) is 8.77. The van der Waals surface area contributed by atoms with Gasteiger partial charge in [-0.25, -0.2) is 9.59 Å². The number of ether oxygens (including phenoxy) is 2. The van der Waals surface area contributed by atoms with Crippen molar-refractivity contribution in [2.45, 2.75) is 57.7 Å². The third-order valence-corrected chi connectivity index (χ3v) is 4.19. The molecule has 166 valence electrons. The van der Waals surface area contributed by atoms with Crippen molar-refractivity contribution in [3.8, 4) is 0 Å². The summed E-state index contributed by atoms with van der Waals surface area (Å²) in [4.78, 5) is 51.5. The van der Waals surface area contributed by atoms with Gasteiger partial charge in [0.1, 0.15) is 17.7 Å². The summed E-state index contributed by atoms with van der Waals surface area (Å²) in [6.45, 7) is 7.49. The maximum Gasteiger partial charge on any atom is 0.408 e. The number of nitrogens with one attached hydrogen (secondary N) is 3. The van der Waals surface area contributed by atoms with Crippen LogP contribution in [-0.4, -0.2) is 77.9 Å². The van der Waals surface area contributed by atoms with E-state index in [4.69, 9.17) is 4.74 Å². The van der Waals surface area contributed by atoms with Crippen LogP contribution < -0.4 is 16.0 Å². The molecule has 0 aromatic carbocycles. The van der Waals surface area contributed by atoms with E-state index in [9.17, 15) is 24.3 Å². The van der Waals surface area contributed by atoms with Crippen LogP contribution in [-0.2, 0) is 23.9 Å². The highest BCUT2D eigenvalue weighted by Crippen LogP contribution is 2.13. The molecule has 3 amide bonds. The molecule has 0 bridgehead atoms. The van der Waals surface area contributed by atoms with E-state index < -0.39 is 53.5 Å². The van der Waals surface area contributed by atoms with E-state index in [1.165, 1.54) is 21.1 Å². The van der Waals surface area contributed by atoms with Gasteiger partial charge in [-0.2, -0.15) is 0 Å². The lowest BCUT2D eigenvalue weighted by Crippen LogP contribution is -2.53. The van der Waals surface area contributed by atoms with Crippen molar-refractivity contribution in [2.75, 3.05) is 20.8 Å². The first-order chi connectivity index (χ1) is 13.3. The Morgan fingerprint density at radius 3 is 2.14 bits per heavy atom. The van der Waals surface area contributed by atoms with Gasteiger partial charge in [0, 0.05) is 7.05 Å². The average molecular weight is 435 g/mol. The van der Waals surface area contributed by atoms with Gasteiger partial charge in [-0.1, -0.05) is 11.8 Å².